The lowest BCUT2D eigenvalue weighted by Gasteiger charge is -2.09. The minimum absolute atomic E-state index is 0.407. The van der Waals surface area contributed by atoms with Crippen molar-refractivity contribution in [2.24, 2.45) is 0 Å². The predicted molar refractivity (Wildman–Crippen MR) is 46.8 cm³/mol. The molecular formula is C9H12FNO. The molecule has 0 fully saturated rings. The van der Waals surface area contributed by atoms with Crippen LogP contribution in [0.25, 0.3) is 0 Å². The Kier molecular flexibility index (Phi) is 2.53. The number of nitrogens with two attached hydrogens (primary N) is 1. The number of hydrogen-bond donors (Lipinski definition) is 1. The fourth-order valence-electron chi connectivity index (χ4n) is 0.919. The molecule has 1 rings (SSSR count). The maximum Gasteiger partial charge on any atom is 0.235 e. The van der Waals surface area contributed by atoms with Crippen LogP contribution in [0.3, 0.4) is 0 Å². The molecule has 0 spiro atoms. The van der Waals surface area contributed by atoms with E-state index >= 15 is 0 Å². The molecule has 3 heteroatoms. The van der Waals surface area contributed by atoms with Gasteiger partial charge in [0.1, 0.15) is 5.75 Å². The molecule has 0 aromatic heterocycles. The van der Waals surface area contributed by atoms with E-state index in [1.54, 1.807) is 12.1 Å². The standard InChI is InChI=1S/C9H12FNO/c1-6-3-4-8(11)9(5-6)12-7(2)10/h3-5,7H,11H2,1-2H3. The van der Waals surface area contributed by atoms with E-state index in [1.165, 1.54) is 6.92 Å². The summed E-state index contributed by atoms with van der Waals surface area (Å²) in [6.45, 7) is 3.22. The Hall–Kier alpha value is -1.25. The zero-order valence-electron chi connectivity index (χ0n) is 7.17. The Morgan fingerprint density at radius 2 is 2.17 bits per heavy atom. The molecule has 0 aliphatic heterocycles. The van der Waals surface area contributed by atoms with Crippen molar-refractivity contribution in [3.05, 3.63) is 23.8 Å². The van der Waals surface area contributed by atoms with Gasteiger partial charge in [0.15, 0.2) is 0 Å². The maximum absolute atomic E-state index is 12.4. The Bertz CT molecular complexity index is 273. The molecule has 1 unspecified atom stereocenters. The van der Waals surface area contributed by atoms with Gasteiger partial charge in [-0.3, -0.25) is 0 Å². The van der Waals surface area contributed by atoms with Crippen LogP contribution in [0.5, 0.6) is 5.75 Å². The van der Waals surface area contributed by atoms with Crippen molar-refractivity contribution >= 4 is 5.69 Å². The van der Waals surface area contributed by atoms with Crippen molar-refractivity contribution in [2.75, 3.05) is 5.73 Å². The molecule has 0 aliphatic rings. The van der Waals surface area contributed by atoms with Crippen LogP contribution in [0.2, 0.25) is 0 Å². The summed E-state index contributed by atoms with van der Waals surface area (Å²) in [7, 11) is 0. The summed E-state index contributed by atoms with van der Waals surface area (Å²) >= 11 is 0. The summed E-state index contributed by atoms with van der Waals surface area (Å²) in [6.07, 6.45) is -1.32. The van der Waals surface area contributed by atoms with Gasteiger partial charge >= 0.3 is 0 Å². The van der Waals surface area contributed by atoms with Crippen molar-refractivity contribution in [3.8, 4) is 5.75 Å². The van der Waals surface area contributed by atoms with E-state index in [0.717, 1.165) is 5.56 Å². The van der Waals surface area contributed by atoms with Gasteiger partial charge in [0.2, 0.25) is 6.36 Å². The van der Waals surface area contributed by atoms with E-state index in [4.69, 9.17) is 10.5 Å². The summed E-state index contributed by atoms with van der Waals surface area (Å²) in [5, 5.41) is 0. The van der Waals surface area contributed by atoms with Crippen molar-refractivity contribution < 1.29 is 9.13 Å². The van der Waals surface area contributed by atoms with Gasteiger partial charge in [-0.25, -0.2) is 4.39 Å². The van der Waals surface area contributed by atoms with Crippen LogP contribution in [0.1, 0.15) is 12.5 Å². The summed E-state index contributed by atoms with van der Waals surface area (Å²) in [6, 6.07) is 5.27. The minimum Gasteiger partial charge on any atom is -0.459 e. The van der Waals surface area contributed by atoms with Crippen LogP contribution in [-0.4, -0.2) is 6.36 Å². The highest BCUT2D eigenvalue weighted by Crippen LogP contribution is 2.23. The van der Waals surface area contributed by atoms with Gasteiger partial charge in [-0.2, -0.15) is 0 Å². The molecule has 0 saturated heterocycles. The van der Waals surface area contributed by atoms with Crippen molar-refractivity contribution in [1.82, 2.24) is 0 Å². The highest BCUT2D eigenvalue weighted by molar-refractivity contribution is 5.53. The number of alkyl halides is 1. The smallest absolute Gasteiger partial charge is 0.235 e. The van der Waals surface area contributed by atoms with Crippen LogP contribution >= 0.6 is 0 Å². The second-order valence-corrected chi connectivity index (χ2v) is 2.70. The quantitative estimate of drug-likeness (QED) is 0.689. The molecular weight excluding hydrogens is 157 g/mol. The number of hydrogen-bond acceptors (Lipinski definition) is 2. The molecule has 66 valence electrons. The van der Waals surface area contributed by atoms with Crippen LogP contribution in [0, 0.1) is 6.92 Å². The van der Waals surface area contributed by atoms with E-state index in [-0.39, 0.29) is 0 Å². The molecule has 0 bridgehead atoms. The largest absolute Gasteiger partial charge is 0.459 e. The highest BCUT2D eigenvalue weighted by Gasteiger charge is 2.03. The van der Waals surface area contributed by atoms with E-state index in [2.05, 4.69) is 0 Å². The first-order valence-corrected chi connectivity index (χ1v) is 3.76. The molecule has 0 aliphatic carbocycles. The molecule has 0 saturated carbocycles. The molecule has 1 aromatic rings. The van der Waals surface area contributed by atoms with E-state index in [0.29, 0.717) is 11.4 Å². The second-order valence-electron chi connectivity index (χ2n) is 2.70. The fraction of sp³-hybridized carbons (Fsp3) is 0.333. The van der Waals surface area contributed by atoms with Gasteiger partial charge in [0, 0.05) is 6.92 Å². The monoisotopic (exact) mass is 169 g/mol. The van der Waals surface area contributed by atoms with E-state index < -0.39 is 6.36 Å². The first kappa shape index (κ1) is 8.84. The lowest BCUT2D eigenvalue weighted by molar-refractivity contribution is 0.0868. The van der Waals surface area contributed by atoms with Gasteiger partial charge in [-0.1, -0.05) is 6.07 Å². The van der Waals surface area contributed by atoms with E-state index in [9.17, 15) is 4.39 Å². The zero-order chi connectivity index (χ0) is 9.14. The average molecular weight is 169 g/mol. The third-order valence-corrected chi connectivity index (χ3v) is 1.46. The summed E-state index contributed by atoms with van der Waals surface area (Å²) in [5.41, 5.74) is 7.01. The first-order chi connectivity index (χ1) is 5.59. The molecule has 0 radical (unpaired) electrons. The van der Waals surface area contributed by atoms with E-state index in [1.807, 2.05) is 13.0 Å². The number of rotatable bonds is 2. The number of anilines is 1. The lowest BCUT2D eigenvalue weighted by Crippen LogP contribution is -2.05. The van der Waals surface area contributed by atoms with Crippen LogP contribution in [0.15, 0.2) is 18.2 Å². The predicted octanol–water partition coefficient (Wildman–Crippen LogP) is 2.27. The Balaban J connectivity index is 2.90. The zero-order valence-corrected chi connectivity index (χ0v) is 7.17. The van der Waals surface area contributed by atoms with Crippen LogP contribution in [-0.2, 0) is 0 Å². The molecule has 1 atom stereocenters. The Morgan fingerprint density at radius 3 is 2.75 bits per heavy atom. The third kappa shape index (κ3) is 2.12. The van der Waals surface area contributed by atoms with Crippen LogP contribution in [0.4, 0.5) is 10.1 Å². The molecule has 1 aromatic carbocycles. The Labute approximate surface area is 71.1 Å². The van der Waals surface area contributed by atoms with Crippen molar-refractivity contribution in [2.45, 2.75) is 20.2 Å². The van der Waals surface area contributed by atoms with Gasteiger partial charge in [-0.05, 0) is 24.6 Å². The third-order valence-electron chi connectivity index (χ3n) is 1.46. The van der Waals surface area contributed by atoms with Crippen molar-refractivity contribution in [1.29, 1.82) is 0 Å². The first-order valence-electron chi connectivity index (χ1n) is 3.76. The van der Waals surface area contributed by atoms with Gasteiger partial charge < -0.3 is 10.5 Å². The molecule has 12 heavy (non-hydrogen) atoms. The Morgan fingerprint density at radius 1 is 1.50 bits per heavy atom. The maximum atomic E-state index is 12.4. The summed E-state index contributed by atoms with van der Waals surface area (Å²) < 4.78 is 17.3. The molecule has 2 N–H and O–H groups in total. The average Bonchev–Trinajstić information content (AvgIpc) is 1.96. The van der Waals surface area contributed by atoms with Gasteiger partial charge in [-0.15, -0.1) is 0 Å². The summed E-state index contributed by atoms with van der Waals surface area (Å²) in [5.74, 6) is 0.407. The molecule has 0 heterocycles. The molecule has 0 amide bonds. The number of aryl methyl sites for hydroxylation is 1. The van der Waals surface area contributed by atoms with Gasteiger partial charge in [0.25, 0.3) is 0 Å². The topological polar surface area (TPSA) is 35.2 Å². The number of halogens is 1. The van der Waals surface area contributed by atoms with Gasteiger partial charge in [0.05, 0.1) is 5.69 Å². The second kappa shape index (κ2) is 3.43. The molecule has 2 nitrogen and oxygen atoms in total. The normalized spacial score (nSPS) is 12.6. The SMILES string of the molecule is Cc1ccc(N)c(OC(C)F)c1. The lowest BCUT2D eigenvalue weighted by atomic mass is 10.2. The number of nitrogen functional groups attached to an aromatic ring is 1. The minimum atomic E-state index is -1.32. The number of ether oxygens (including phenoxy) is 1. The highest BCUT2D eigenvalue weighted by atomic mass is 19.1. The van der Waals surface area contributed by atoms with Crippen LogP contribution < -0.4 is 10.5 Å². The van der Waals surface area contributed by atoms with Crippen molar-refractivity contribution in [3.63, 3.8) is 0 Å². The fourth-order valence-corrected chi connectivity index (χ4v) is 0.919. The summed E-state index contributed by atoms with van der Waals surface area (Å²) in [4.78, 5) is 0. The number of benzene rings is 1.